The third-order valence-corrected chi connectivity index (χ3v) is 2.50. The monoisotopic (exact) mass is 207 g/mol. The lowest BCUT2D eigenvalue weighted by Gasteiger charge is -2.05. The zero-order valence-corrected chi connectivity index (χ0v) is 9.57. The van der Waals surface area contributed by atoms with Crippen LogP contribution >= 0.6 is 0 Å². The van der Waals surface area contributed by atoms with Gasteiger partial charge in [0.25, 0.3) is 0 Å². The van der Waals surface area contributed by atoms with Crippen molar-refractivity contribution < 1.29 is 0 Å². The van der Waals surface area contributed by atoms with Gasteiger partial charge in [-0.15, -0.1) is 0 Å². The minimum Gasteiger partial charge on any atom is -0.383 e. The molecule has 0 atom stereocenters. The summed E-state index contributed by atoms with van der Waals surface area (Å²) in [6.07, 6.45) is 0. The van der Waals surface area contributed by atoms with Gasteiger partial charge >= 0.3 is 0 Å². The molecule has 5 nitrogen and oxygen atoms in total. The van der Waals surface area contributed by atoms with Crippen LogP contribution in [0, 0.1) is 0 Å². The summed E-state index contributed by atoms with van der Waals surface area (Å²) in [4.78, 5) is 0. The molecule has 15 heavy (non-hydrogen) atoms. The third kappa shape index (κ3) is 1.38. The first kappa shape index (κ1) is 10.0. The molecule has 0 amide bonds. The molecule has 2 aromatic heterocycles. The molecule has 0 saturated carbocycles. The summed E-state index contributed by atoms with van der Waals surface area (Å²) in [5, 5.41) is 12.5. The summed E-state index contributed by atoms with van der Waals surface area (Å²) in [6.45, 7) is 8.39. The number of fused-ring (bicyclic) bond motifs is 1. The first-order valence-electron chi connectivity index (χ1n) is 5.24. The molecule has 3 N–H and O–H groups in total. The Bertz CT molecular complexity index is 477. The van der Waals surface area contributed by atoms with Crippen molar-refractivity contribution in [2.45, 2.75) is 39.7 Å². The molecule has 0 aromatic carbocycles. The summed E-state index contributed by atoms with van der Waals surface area (Å²) >= 11 is 0. The topological polar surface area (TPSA) is 72.5 Å². The van der Waals surface area contributed by atoms with E-state index in [1.807, 2.05) is 4.68 Å². The minimum absolute atomic E-state index is 0.294. The van der Waals surface area contributed by atoms with E-state index in [1.54, 1.807) is 0 Å². The molecule has 0 unspecified atom stereocenters. The molecule has 0 radical (unpaired) electrons. The van der Waals surface area contributed by atoms with Gasteiger partial charge in [0.1, 0.15) is 5.82 Å². The molecule has 2 rings (SSSR count). The minimum atomic E-state index is 0.294. The molecular formula is C10H17N5. The van der Waals surface area contributed by atoms with Gasteiger partial charge in [-0.05, 0) is 19.8 Å². The van der Waals surface area contributed by atoms with E-state index in [1.165, 1.54) is 0 Å². The Labute approximate surface area is 88.6 Å². The number of hydrogen-bond acceptors (Lipinski definition) is 3. The van der Waals surface area contributed by atoms with Crippen molar-refractivity contribution in [2.24, 2.45) is 0 Å². The van der Waals surface area contributed by atoms with Gasteiger partial charge in [0.05, 0.1) is 11.1 Å². The van der Waals surface area contributed by atoms with Crippen molar-refractivity contribution in [1.82, 2.24) is 20.0 Å². The number of nitrogens with one attached hydrogen (secondary N) is 1. The Morgan fingerprint density at radius 3 is 2.47 bits per heavy atom. The molecule has 2 aromatic rings. The van der Waals surface area contributed by atoms with Gasteiger partial charge in [0.2, 0.25) is 0 Å². The zero-order valence-electron chi connectivity index (χ0n) is 9.57. The van der Waals surface area contributed by atoms with Gasteiger partial charge in [0.15, 0.2) is 5.65 Å². The lowest BCUT2D eigenvalue weighted by atomic mass is 10.1. The van der Waals surface area contributed by atoms with Crippen molar-refractivity contribution in [3.05, 3.63) is 5.69 Å². The summed E-state index contributed by atoms with van der Waals surface area (Å²) in [7, 11) is 0. The van der Waals surface area contributed by atoms with Crippen LogP contribution in [0.3, 0.4) is 0 Å². The molecule has 0 aliphatic rings. The van der Waals surface area contributed by atoms with E-state index >= 15 is 0 Å². The van der Waals surface area contributed by atoms with Gasteiger partial charge in [-0.25, -0.2) is 4.68 Å². The van der Waals surface area contributed by atoms with Gasteiger partial charge < -0.3 is 5.73 Å². The van der Waals surface area contributed by atoms with Crippen molar-refractivity contribution in [3.63, 3.8) is 0 Å². The van der Waals surface area contributed by atoms with Crippen molar-refractivity contribution in [2.75, 3.05) is 5.73 Å². The number of nitrogens with two attached hydrogens (primary N) is 1. The largest absolute Gasteiger partial charge is 0.383 e. The van der Waals surface area contributed by atoms with E-state index in [4.69, 9.17) is 5.73 Å². The molecule has 2 heterocycles. The average Bonchev–Trinajstić information content (AvgIpc) is 2.66. The number of aromatic amines is 1. The van der Waals surface area contributed by atoms with Crippen LogP contribution in [0.25, 0.3) is 11.0 Å². The normalized spacial score (nSPS) is 12.1. The van der Waals surface area contributed by atoms with Gasteiger partial charge in [-0.1, -0.05) is 13.8 Å². The summed E-state index contributed by atoms with van der Waals surface area (Å²) < 4.78 is 1.91. The van der Waals surface area contributed by atoms with Crippen LogP contribution in [-0.2, 0) is 0 Å². The van der Waals surface area contributed by atoms with E-state index in [0.717, 1.165) is 16.7 Å². The highest BCUT2D eigenvalue weighted by molar-refractivity contribution is 5.89. The SMILES string of the molecule is CC(C)c1nn(C(C)C)c2n[nH]c(N)c12. The van der Waals surface area contributed by atoms with Crippen molar-refractivity contribution in [3.8, 4) is 0 Å². The Morgan fingerprint density at radius 2 is 1.93 bits per heavy atom. The van der Waals surface area contributed by atoms with Crippen LogP contribution in [0.15, 0.2) is 0 Å². The first-order chi connectivity index (χ1) is 7.02. The van der Waals surface area contributed by atoms with Crippen molar-refractivity contribution in [1.29, 1.82) is 0 Å². The lowest BCUT2D eigenvalue weighted by molar-refractivity contribution is 0.534. The predicted molar refractivity (Wildman–Crippen MR) is 60.8 cm³/mol. The smallest absolute Gasteiger partial charge is 0.182 e. The summed E-state index contributed by atoms with van der Waals surface area (Å²) in [6, 6.07) is 0.294. The van der Waals surface area contributed by atoms with E-state index in [2.05, 4.69) is 43.0 Å². The quantitative estimate of drug-likeness (QED) is 0.791. The first-order valence-corrected chi connectivity index (χ1v) is 5.24. The number of anilines is 1. The second-order valence-corrected chi connectivity index (χ2v) is 4.41. The Kier molecular flexibility index (Phi) is 2.17. The van der Waals surface area contributed by atoms with Crippen molar-refractivity contribution >= 4 is 16.9 Å². The molecule has 0 fully saturated rings. The highest BCUT2D eigenvalue weighted by atomic mass is 15.4. The number of aromatic nitrogens is 4. The van der Waals surface area contributed by atoms with E-state index in [0.29, 0.717) is 17.8 Å². The molecule has 0 aliphatic heterocycles. The molecule has 0 bridgehead atoms. The fraction of sp³-hybridized carbons (Fsp3) is 0.600. The molecule has 0 aliphatic carbocycles. The van der Waals surface area contributed by atoms with E-state index in [9.17, 15) is 0 Å². The maximum Gasteiger partial charge on any atom is 0.182 e. The third-order valence-electron chi connectivity index (χ3n) is 2.50. The number of nitrogens with zero attached hydrogens (tertiary/aromatic N) is 3. The predicted octanol–water partition coefficient (Wildman–Crippen LogP) is 2.05. The lowest BCUT2D eigenvalue weighted by Crippen LogP contribution is -2.04. The van der Waals surface area contributed by atoms with Crippen LogP contribution in [0.5, 0.6) is 0 Å². The Hall–Kier alpha value is -1.52. The molecule has 82 valence electrons. The molecule has 0 saturated heterocycles. The van der Waals surface area contributed by atoms with Crippen LogP contribution in [-0.4, -0.2) is 20.0 Å². The molecular weight excluding hydrogens is 190 g/mol. The van der Waals surface area contributed by atoms with Gasteiger partial charge in [-0.2, -0.15) is 10.2 Å². The summed E-state index contributed by atoms with van der Waals surface area (Å²) in [5.41, 5.74) is 7.73. The summed E-state index contributed by atoms with van der Waals surface area (Å²) in [5.74, 6) is 0.966. The van der Waals surface area contributed by atoms with Crippen LogP contribution < -0.4 is 5.73 Å². The average molecular weight is 207 g/mol. The fourth-order valence-electron chi connectivity index (χ4n) is 1.74. The highest BCUT2D eigenvalue weighted by Gasteiger charge is 2.19. The number of rotatable bonds is 2. The second-order valence-electron chi connectivity index (χ2n) is 4.41. The number of nitrogen functional groups attached to an aromatic ring is 1. The second kappa shape index (κ2) is 3.25. The maximum atomic E-state index is 5.86. The Morgan fingerprint density at radius 1 is 1.27 bits per heavy atom. The van der Waals surface area contributed by atoms with Crippen LogP contribution in [0.4, 0.5) is 5.82 Å². The van der Waals surface area contributed by atoms with Gasteiger partial charge in [0, 0.05) is 6.04 Å². The van der Waals surface area contributed by atoms with E-state index in [-0.39, 0.29) is 0 Å². The molecule has 0 spiro atoms. The molecule has 5 heteroatoms. The van der Waals surface area contributed by atoms with E-state index < -0.39 is 0 Å². The number of H-pyrrole nitrogens is 1. The van der Waals surface area contributed by atoms with Crippen LogP contribution in [0.2, 0.25) is 0 Å². The fourth-order valence-corrected chi connectivity index (χ4v) is 1.74. The standard InChI is InChI=1S/C10H17N5/c1-5(2)8-7-9(11)12-13-10(7)15(14-8)6(3)4/h5-6H,1-4H3,(H3,11,12,13). The maximum absolute atomic E-state index is 5.86. The van der Waals surface area contributed by atoms with Crippen LogP contribution in [0.1, 0.15) is 45.3 Å². The highest BCUT2D eigenvalue weighted by Crippen LogP contribution is 2.29. The Balaban J connectivity index is 2.75. The van der Waals surface area contributed by atoms with Gasteiger partial charge in [-0.3, -0.25) is 5.10 Å². The number of hydrogen-bond donors (Lipinski definition) is 2. The zero-order chi connectivity index (χ0) is 11.2.